The lowest BCUT2D eigenvalue weighted by Crippen LogP contribution is -2.27. The van der Waals surface area contributed by atoms with E-state index in [4.69, 9.17) is 9.47 Å². The predicted octanol–water partition coefficient (Wildman–Crippen LogP) is 4.23. The maximum absolute atomic E-state index is 11.8. The second kappa shape index (κ2) is 10.1. The predicted molar refractivity (Wildman–Crippen MR) is 96.8 cm³/mol. The summed E-state index contributed by atoms with van der Waals surface area (Å²) in [7, 11) is 1.64. The highest BCUT2D eigenvalue weighted by Crippen LogP contribution is 2.19. The summed E-state index contributed by atoms with van der Waals surface area (Å²) in [5.41, 5.74) is 0.655. The minimum atomic E-state index is -0.930. The number of hydrogen-bond donors (Lipinski definition) is 1. The normalized spacial score (nSPS) is 12.5. The van der Waals surface area contributed by atoms with Gasteiger partial charge in [-0.25, -0.2) is 0 Å². The first-order chi connectivity index (χ1) is 11.7. The fourth-order valence-electron chi connectivity index (χ4n) is 2.59. The van der Waals surface area contributed by atoms with Gasteiger partial charge in [0.15, 0.2) is 0 Å². The number of carboxylic acid groups (broad SMARTS) is 1. The molecule has 1 N–H and O–H groups in total. The summed E-state index contributed by atoms with van der Waals surface area (Å²) < 4.78 is 10.3. The lowest BCUT2D eigenvalue weighted by Gasteiger charge is -2.21. The van der Waals surface area contributed by atoms with Crippen LogP contribution in [0.2, 0.25) is 0 Å². The number of methoxy groups -OCH3 is 1. The van der Waals surface area contributed by atoms with Gasteiger partial charge in [-0.05, 0) is 57.7 Å². The summed E-state index contributed by atoms with van der Waals surface area (Å²) in [5.74, 6) is -1.20. The Morgan fingerprint density at radius 3 is 2.24 bits per heavy atom. The number of aliphatic carboxylic acids is 1. The molecule has 0 aliphatic carbocycles. The zero-order chi connectivity index (χ0) is 18.9. The molecular weight excluding hydrogens is 320 g/mol. The van der Waals surface area contributed by atoms with Crippen LogP contribution < -0.4 is 4.74 Å². The number of hydrogen-bond acceptors (Lipinski definition) is 4. The molecule has 1 atom stereocenters. The van der Waals surface area contributed by atoms with Gasteiger partial charge in [-0.15, -0.1) is 0 Å². The van der Waals surface area contributed by atoms with Crippen LogP contribution in [0.1, 0.15) is 58.4 Å². The Bertz CT molecular complexity index is 542. The van der Waals surface area contributed by atoms with E-state index in [1.165, 1.54) is 5.56 Å². The van der Waals surface area contributed by atoms with Gasteiger partial charge in [0.2, 0.25) is 0 Å². The van der Waals surface area contributed by atoms with E-state index in [2.05, 4.69) is 0 Å². The van der Waals surface area contributed by atoms with Crippen LogP contribution in [0.4, 0.5) is 0 Å². The third-order valence-corrected chi connectivity index (χ3v) is 3.86. The van der Waals surface area contributed by atoms with Crippen LogP contribution >= 0.6 is 0 Å². The van der Waals surface area contributed by atoms with Crippen LogP contribution in [0.3, 0.4) is 0 Å². The molecule has 5 nitrogen and oxygen atoms in total. The highest BCUT2D eigenvalue weighted by Gasteiger charge is 2.24. The van der Waals surface area contributed by atoms with Crippen molar-refractivity contribution in [3.05, 3.63) is 29.8 Å². The molecular formula is C20H30O5. The van der Waals surface area contributed by atoms with Crippen molar-refractivity contribution >= 4 is 11.9 Å². The second-order valence-electron chi connectivity index (χ2n) is 7.27. The van der Waals surface area contributed by atoms with Gasteiger partial charge in [0.05, 0.1) is 19.4 Å². The molecule has 25 heavy (non-hydrogen) atoms. The first-order valence-electron chi connectivity index (χ1n) is 8.79. The van der Waals surface area contributed by atoms with E-state index >= 15 is 0 Å². The van der Waals surface area contributed by atoms with Gasteiger partial charge in [0.1, 0.15) is 11.4 Å². The van der Waals surface area contributed by atoms with E-state index in [-0.39, 0.29) is 6.42 Å². The summed E-state index contributed by atoms with van der Waals surface area (Å²) in [6.45, 7) is 5.33. The Hall–Kier alpha value is -2.04. The molecule has 0 aliphatic heterocycles. The minimum Gasteiger partial charge on any atom is -0.497 e. The maximum Gasteiger partial charge on any atom is 0.307 e. The van der Waals surface area contributed by atoms with Crippen LogP contribution in [0.15, 0.2) is 24.3 Å². The quantitative estimate of drug-likeness (QED) is 0.505. The first kappa shape index (κ1) is 21.0. The fourth-order valence-corrected chi connectivity index (χ4v) is 2.59. The summed E-state index contributed by atoms with van der Waals surface area (Å²) >= 11 is 0. The number of carboxylic acids is 1. The number of unbranched alkanes of at least 4 members (excludes halogenated alkanes) is 2. The first-order valence-corrected chi connectivity index (χ1v) is 8.79. The number of esters is 1. The third kappa shape index (κ3) is 9.13. The average Bonchev–Trinajstić information content (AvgIpc) is 2.52. The van der Waals surface area contributed by atoms with E-state index < -0.39 is 23.5 Å². The van der Waals surface area contributed by atoms with E-state index in [1.807, 2.05) is 24.3 Å². The van der Waals surface area contributed by atoms with Crippen molar-refractivity contribution in [3.8, 4) is 5.75 Å². The summed E-state index contributed by atoms with van der Waals surface area (Å²) in [6.07, 6.45) is 4.10. The highest BCUT2D eigenvalue weighted by atomic mass is 16.6. The molecule has 0 unspecified atom stereocenters. The largest absolute Gasteiger partial charge is 0.497 e. The maximum atomic E-state index is 11.8. The average molecular weight is 350 g/mol. The van der Waals surface area contributed by atoms with Gasteiger partial charge < -0.3 is 14.6 Å². The molecule has 0 saturated carbocycles. The van der Waals surface area contributed by atoms with Crippen molar-refractivity contribution in [2.75, 3.05) is 7.11 Å². The van der Waals surface area contributed by atoms with Gasteiger partial charge in [-0.2, -0.15) is 0 Å². The molecule has 0 fully saturated rings. The Labute approximate surface area is 150 Å². The van der Waals surface area contributed by atoms with E-state index in [0.717, 1.165) is 31.4 Å². The van der Waals surface area contributed by atoms with Crippen molar-refractivity contribution in [2.24, 2.45) is 5.92 Å². The van der Waals surface area contributed by atoms with Gasteiger partial charge >= 0.3 is 11.9 Å². The fraction of sp³-hybridized carbons (Fsp3) is 0.600. The van der Waals surface area contributed by atoms with Crippen LogP contribution in [0.5, 0.6) is 5.75 Å². The molecule has 0 amide bonds. The molecule has 0 aliphatic rings. The Morgan fingerprint density at radius 2 is 1.72 bits per heavy atom. The highest BCUT2D eigenvalue weighted by molar-refractivity contribution is 5.78. The molecule has 1 rings (SSSR count). The molecule has 0 heterocycles. The zero-order valence-corrected chi connectivity index (χ0v) is 15.7. The molecule has 140 valence electrons. The third-order valence-electron chi connectivity index (χ3n) is 3.86. The van der Waals surface area contributed by atoms with Crippen molar-refractivity contribution in [3.63, 3.8) is 0 Å². The van der Waals surface area contributed by atoms with E-state index in [0.29, 0.717) is 6.42 Å². The second-order valence-corrected chi connectivity index (χ2v) is 7.27. The Balaban J connectivity index is 2.30. The SMILES string of the molecule is COc1ccc(CCCCC[C@H](CC(=O)OC(C)(C)C)C(=O)O)cc1. The molecule has 0 bridgehead atoms. The van der Waals surface area contributed by atoms with Crippen LogP contribution in [-0.2, 0) is 20.7 Å². The van der Waals surface area contributed by atoms with Crippen molar-refractivity contribution in [1.29, 1.82) is 0 Å². The molecule has 0 spiro atoms. The van der Waals surface area contributed by atoms with Crippen molar-refractivity contribution in [2.45, 2.75) is 64.9 Å². The monoisotopic (exact) mass is 350 g/mol. The van der Waals surface area contributed by atoms with Gasteiger partial charge in [0.25, 0.3) is 0 Å². The minimum absolute atomic E-state index is 0.0644. The summed E-state index contributed by atoms with van der Waals surface area (Å²) in [6, 6.07) is 7.97. The Morgan fingerprint density at radius 1 is 1.08 bits per heavy atom. The van der Waals surface area contributed by atoms with Gasteiger partial charge in [0, 0.05) is 0 Å². The molecule has 0 aromatic heterocycles. The van der Waals surface area contributed by atoms with Crippen LogP contribution in [0.25, 0.3) is 0 Å². The standard InChI is InChI=1S/C20H30O5/c1-20(2,3)25-18(21)14-16(19(22)23)9-7-5-6-8-15-10-12-17(24-4)13-11-15/h10-13,16H,5-9,14H2,1-4H3,(H,22,23)/t16-/m1/s1. The van der Waals surface area contributed by atoms with Gasteiger partial charge in [-0.3, -0.25) is 9.59 Å². The molecule has 0 saturated heterocycles. The summed E-state index contributed by atoms with van der Waals surface area (Å²) in [5, 5.41) is 9.28. The molecule has 1 aromatic rings. The number of benzene rings is 1. The van der Waals surface area contributed by atoms with Crippen LogP contribution in [0, 0.1) is 5.92 Å². The van der Waals surface area contributed by atoms with Crippen LogP contribution in [-0.4, -0.2) is 29.8 Å². The number of rotatable bonds is 10. The Kier molecular flexibility index (Phi) is 8.46. The zero-order valence-electron chi connectivity index (χ0n) is 15.7. The number of carbonyl (C=O) groups is 2. The van der Waals surface area contributed by atoms with Crippen molar-refractivity contribution in [1.82, 2.24) is 0 Å². The lowest BCUT2D eigenvalue weighted by atomic mass is 9.97. The molecule has 1 aromatic carbocycles. The number of carbonyl (C=O) groups excluding carboxylic acids is 1. The topological polar surface area (TPSA) is 72.8 Å². The summed E-state index contributed by atoms with van der Waals surface area (Å²) in [4.78, 5) is 23.1. The number of aryl methyl sites for hydroxylation is 1. The van der Waals surface area contributed by atoms with Gasteiger partial charge in [-0.1, -0.05) is 25.0 Å². The lowest BCUT2D eigenvalue weighted by molar-refractivity contribution is -0.160. The number of ether oxygens (including phenoxy) is 2. The van der Waals surface area contributed by atoms with Crippen molar-refractivity contribution < 1.29 is 24.2 Å². The molecule has 5 heteroatoms. The molecule has 0 radical (unpaired) electrons. The van der Waals surface area contributed by atoms with E-state index in [9.17, 15) is 14.7 Å². The smallest absolute Gasteiger partial charge is 0.307 e. The van der Waals surface area contributed by atoms with E-state index in [1.54, 1.807) is 27.9 Å².